The number of anilines is 1. The molecular weight excluding hydrogens is 358 g/mol. The van der Waals surface area contributed by atoms with E-state index in [1.54, 1.807) is 26.0 Å². The molecule has 2 aromatic rings. The van der Waals surface area contributed by atoms with Crippen LogP contribution in [0.2, 0.25) is 0 Å². The van der Waals surface area contributed by atoms with Gasteiger partial charge >= 0.3 is 0 Å². The van der Waals surface area contributed by atoms with Crippen molar-refractivity contribution in [1.82, 2.24) is 0 Å². The highest BCUT2D eigenvalue weighted by molar-refractivity contribution is 9.10. The van der Waals surface area contributed by atoms with Gasteiger partial charge in [-0.3, -0.25) is 9.59 Å². The van der Waals surface area contributed by atoms with Crippen LogP contribution in [0, 0.1) is 0 Å². The maximum Gasteiger partial charge on any atom is 0.265 e. The molecule has 0 saturated heterocycles. The molecular formula is C18H18BrNO3. The summed E-state index contributed by atoms with van der Waals surface area (Å²) >= 11 is 3.35. The number of Topliss-reactive ketones (excluding diaryl/α,β-unsaturated/α-hetero) is 1. The molecule has 2 aromatic carbocycles. The van der Waals surface area contributed by atoms with Crippen molar-refractivity contribution in [3.05, 3.63) is 58.6 Å². The van der Waals surface area contributed by atoms with E-state index < -0.39 is 6.10 Å². The summed E-state index contributed by atoms with van der Waals surface area (Å²) in [5, 5.41) is 2.80. The fourth-order valence-electron chi connectivity index (χ4n) is 2.01. The molecule has 0 fully saturated rings. The maximum atomic E-state index is 12.1. The summed E-state index contributed by atoms with van der Waals surface area (Å²) < 4.78 is 6.58. The van der Waals surface area contributed by atoms with E-state index in [-0.39, 0.29) is 11.7 Å². The number of hydrogen-bond acceptors (Lipinski definition) is 3. The molecule has 0 spiro atoms. The number of ketones is 1. The minimum Gasteiger partial charge on any atom is -0.481 e. The van der Waals surface area contributed by atoms with E-state index in [2.05, 4.69) is 21.2 Å². The number of hydrogen-bond donors (Lipinski definition) is 1. The Morgan fingerprint density at radius 1 is 1.09 bits per heavy atom. The summed E-state index contributed by atoms with van der Waals surface area (Å²) in [6.07, 6.45) is -0.225. The minimum absolute atomic E-state index is 0.112. The van der Waals surface area contributed by atoms with Gasteiger partial charge in [-0.25, -0.2) is 0 Å². The van der Waals surface area contributed by atoms with E-state index in [4.69, 9.17) is 4.74 Å². The van der Waals surface area contributed by atoms with E-state index in [0.29, 0.717) is 17.9 Å². The predicted octanol–water partition coefficient (Wildman–Crippen LogP) is 3.99. The van der Waals surface area contributed by atoms with Crippen LogP contribution in [-0.2, 0) is 16.0 Å². The number of carbonyl (C=O) groups is 2. The smallest absolute Gasteiger partial charge is 0.265 e. The Morgan fingerprint density at radius 2 is 1.70 bits per heavy atom. The fourth-order valence-corrected chi connectivity index (χ4v) is 2.27. The number of nitrogens with one attached hydrogen (secondary N) is 1. The van der Waals surface area contributed by atoms with E-state index in [1.807, 2.05) is 36.4 Å². The van der Waals surface area contributed by atoms with Crippen molar-refractivity contribution in [1.29, 1.82) is 0 Å². The molecule has 0 aromatic heterocycles. The van der Waals surface area contributed by atoms with Gasteiger partial charge in [0.05, 0.1) is 0 Å². The molecule has 1 N–H and O–H groups in total. The Balaban J connectivity index is 1.92. The third kappa shape index (κ3) is 5.53. The summed E-state index contributed by atoms with van der Waals surface area (Å²) in [6.45, 7) is 3.25. The van der Waals surface area contributed by atoms with Crippen molar-refractivity contribution in [2.75, 3.05) is 5.32 Å². The lowest BCUT2D eigenvalue weighted by Gasteiger charge is -2.15. The van der Waals surface area contributed by atoms with Gasteiger partial charge in [0.2, 0.25) is 0 Å². The lowest BCUT2D eigenvalue weighted by molar-refractivity contribution is -0.122. The van der Waals surface area contributed by atoms with Gasteiger partial charge in [0.15, 0.2) is 6.10 Å². The summed E-state index contributed by atoms with van der Waals surface area (Å²) in [7, 11) is 0. The highest BCUT2D eigenvalue weighted by atomic mass is 79.9. The van der Waals surface area contributed by atoms with Crippen molar-refractivity contribution in [2.24, 2.45) is 0 Å². The van der Waals surface area contributed by atoms with Crippen LogP contribution >= 0.6 is 15.9 Å². The monoisotopic (exact) mass is 375 g/mol. The van der Waals surface area contributed by atoms with Gasteiger partial charge in [-0.15, -0.1) is 0 Å². The lowest BCUT2D eigenvalue weighted by atomic mass is 10.1. The molecule has 23 heavy (non-hydrogen) atoms. The first-order chi connectivity index (χ1) is 10.9. The average molecular weight is 376 g/mol. The standard InChI is InChI=1S/C18H18BrNO3/c1-12(21)11-14-3-9-17(10-4-14)23-13(2)18(22)20-16-7-5-15(19)6-8-16/h3-10,13H,11H2,1-2H3,(H,20,22). The van der Waals surface area contributed by atoms with Gasteiger partial charge in [-0.05, 0) is 55.8 Å². The number of ether oxygens (including phenoxy) is 1. The van der Waals surface area contributed by atoms with Gasteiger partial charge in [0, 0.05) is 16.6 Å². The number of carbonyl (C=O) groups excluding carboxylic acids is 2. The second kappa shape index (κ2) is 7.92. The molecule has 0 aliphatic rings. The van der Waals surface area contributed by atoms with Gasteiger partial charge < -0.3 is 10.1 Å². The fraction of sp³-hybridized carbons (Fsp3) is 0.222. The van der Waals surface area contributed by atoms with Crippen LogP contribution in [0.5, 0.6) is 5.75 Å². The predicted molar refractivity (Wildman–Crippen MR) is 93.7 cm³/mol. The molecule has 1 atom stereocenters. The Morgan fingerprint density at radius 3 is 2.26 bits per heavy atom. The molecule has 120 valence electrons. The van der Waals surface area contributed by atoms with Crippen LogP contribution in [0.3, 0.4) is 0 Å². The molecule has 0 saturated carbocycles. The topological polar surface area (TPSA) is 55.4 Å². The van der Waals surface area contributed by atoms with Crippen LogP contribution < -0.4 is 10.1 Å². The van der Waals surface area contributed by atoms with Crippen molar-refractivity contribution >= 4 is 33.3 Å². The van der Waals surface area contributed by atoms with Gasteiger partial charge in [-0.2, -0.15) is 0 Å². The second-order valence-electron chi connectivity index (χ2n) is 5.28. The summed E-state index contributed by atoms with van der Waals surface area (Å²) in [6, 6.07) is 14.5. The molecule has 0 heterocycles. The zero-order valence-corrected chi connectivity index (χ0v) is 14.6. The van der Waals surface area contributed by atoms with Crippen molar-refractivity contribution in [3.8, 4) is 5.75 Å². The first-order valence-corrected chi connectivity index (χ1v) is 8.05. The zero-order chi connectivity index (χ0) is 16.8. The molecule has 4 nitrogen and oxygen atoms in total. The molecule has 0 aliphatic heterocycles. The van der Waals surface area contributed by atoms with Crippen LogP contribution in [0.1, 0.15) is 19.4 Å². The van der Waals surface area contributed by atoms with Crippen LogP contribution in [0.15, 0.2) is 53.0 Å². The highest BCUT2D eigenvalue weighted by Crippen LogP contribution is 2.17. The highest BCUT2D eigenvalue weighted by Gasteiger charge is 2.14. The maximum absolute atomic E-state index is 12.1. The number of rotatable bonds is 6. The molecule has 2 rings (SSSR count). The van der Waals surface area contributed by atoms with E-state index in [9.17, 15) is 9.59 Å². The molecule has 0 radical (unpaired) electrons. The molecule has 0 bridgehead atoms. The van der Waals surface area contributed by atoms with Gasteiger partial charge in [0.1, 0.15) is 11.5 Å². The van der Waals surface area contributed by atoms with Crippen LogP contribution in [-0.4, -0.2) is 17.8 Å². The average Bonchev–Trinajstić information content (AvgIpc) is 2.51. The quantitative estimate of drug-likeness (QED) is 0.830. The van der Waals surface area contributed by atoms with Crippen LogP contribution in [0.4, 0.5) is 5.69 Å². The number of benzene rings is 2. The third-order valence-electron chi connectivity index (χ3n) is 3.17. The van der Waals surface area contributed by atoms with E-state index in [1.165, 1.54) is 0 Å². The Kier molecular flexibility index (Phi) is 5.93. The third-order valence-corrected chi connectivity index (χ3v) is 3.70. The normalized spacial score (nSPS) is 11.6. The largest absolute Gasteiger partial charge is 0.481 e. The van der Waals surface area contributed by atoms with Crippen molar-refractivity contribution in [2.45, 2.75) is 26.4 Å². The summed E-state index contributed by atoms with van der Waals surface area (Å²) in [4.78, 5) is 23.2. The summed E-state index contributed by atoms with van der Waals surface area (Å²) in [5.41, 5.74) is 1.64. The Labute approximate surface area is 144 Å². The van der Waals surface area contributed by atoms with E-state index >= 15 is 0 Å². The van der Waals surface area contributed by atoms with Crippen molar-refractivity contribution in [3.63, 3.8) is 0 Å². The molecule has 1 unspecified atom stereocenters. The Hall–Kier alpha value is -2.14. The van der Waals surface area contributed by atoms with Gasteiger partial charge in [-0.1, -0.05) is 28.1 Å². The number of amides is 1. The molecule has 5 heteroatoms. The first-order valence-electron chi connectivity index (χ1n) is 7.25. The SMILES string of the molecule is CC(=O)Cc1ccc(OC(C)C(=O)Nc2ccc(Br)cc2)cc1. The van der Waals surface area contributed by atoms with Crippen LogP contribution in [0.25, 0.3) is 0 Å². The summed E-state index contributed by atoms with van der Waals surface area (Å²) in [5.74, 6) is 0.483. The lowest BCUT2D eigenvalue weighted by Crippen LogP contribution is -2.30. The Bertz CT molecular complexity index is 680. The van der Waals surface area contributed by atoms with E-state index in [0.717, 1.165) is 10.0 Å². The van der Waals surface area contributed by atoms with Crippen molar-refractivity contribution < 1.29 is 14.3 Å². The zero-order valence-electron chi connectivity index (χ0n) is 13.0. The molecule has 0 aliphatic carbocycles. The van der Waals surface area contributed by atoms with Gasteiger partial charge in [0.25, 0.3) is 5.91 Å². The number of halogens is 1. The minimum atomic E-state index is -0.627. The molecule has 1 amide bonds. The second-order valence-corrected chi connectivity index (χ2v) is 6.19. The first kappa shape index (κ1) is 17.2.